The molecule has 0 saturated heterocycles. The summed E-state index contributed by atoms with van der Waals surface area (Å²) in [5.74, 6) is 0. The highest BCUT2D eigenvalue weighted by Gasteiger charge is 2.41. The Labute approximate surface area is 75.6 Å². The van der Waals surface area contributed by atoms with Gasteiger partial charge in [0.1, 0.15) is 5.60 Å². The van der Waals surface area contributed by atoms with Crippen molar-refractivity contribution in [2.45, 2.75) is 22.7 Å². The Morgan fingerprint density at radius 3 is 2.00 bits per heavy atom. The molecular weight excluding hydrogens is 194 g/mol. The molecule has 0 aliphatic rings. The fourth-order valence-corrected chi connectivity index (χ4v) is 0.628. The molecule has 1 unspecified atom stereocenters. The van der Waals surface area contributed by atoms with Crippen LogP contribution in [-0.4, -0.2) is 14.5 Å². The third kappa shape index (κ3) is 2.67. The smallest absolute Gasteiger partial charge is 0.218 e. The molecule has 4 heteroatoms. The van der Waals surface area contributed by atoms with E-state index in [1.165, 1.54) is 13.0 Å². The van der Waals surface area contributed by atoms with E-state index in [1.807, 2.05) is 0 Å². The molecule has 0 aromatic rings. The molecule has 0 aromatic heterocycles. The normalized spacial score (nSPS) is 18.1. The van der Waals surface area contributed by atoms with Crippen molar-refractivity contribution in [3.63, 3.8) is 0 Å². The van der Waals surface area contributed by atoms with Gasteiger partial charge in [-0.05, 0) is 13.3 Å². The first-order valence-corrected chi connectivity index (χ1v) is 3.84. The van der Waals surface area contributed by atoms with E-state index in [0.29, 0.717) is 0 Å². The summed E-state index contributed by atoms with van der Waals surface area (Å²) >= 11 is 16.3. The second-order valence-corrected chi connectivity index (χ2v) is 4.55. The molecule has 10 heavy (non-hydrogen) atoms. The highest BCUT2D eigenvalue weighted by molar-refractivity contribution is 6.68. The summed E-state index contributed by atoms with van der Waals surface area (Å²) in [6.07, 6.45) is 1.76. The molecule has 0 saturated carbocycles. The van der Waals surface area contributed by atoms with Crippen LogP contribution in [0, 0.1) is 0 Å². The Balaban J connectivity index is 4.23. The van der Waals surface area contributed by atoms with Crippen molar-refractivity contribution in [3.8, 4) is 0 Å². The van der Waals surface area contributed by atoms with Gasteiger partial charge < -0.3 is 5.11 Å². The van der Waals surface area contributed by atoms with Gasteiger partial charge in [-0.15, -0.1) is 6.58 Å². The van der Waals surface area contributed by atoms with Crippen molar-refractivity contribution in [1.29, 1.82) is 0 Å². The summed E-state index contributed by atoms with van der Waals surface area (Å²) in [6.45, 7) is 4.87. The van der Waals surface area contributed by atoms with Gasteiger partial charge in [-0.25, -0.2) is 0 Å². The van der Waals surface area contributed by atoms with E-state index in [-0.39, 0.29) is 6.42 Å². The highest BCUT2D eigenvalue weighted by Crippen LogP contribution is 2.39. The number of alkyl halides is 3. The van der Waals surface area contributed by atoms with Gasteiger partial charge in [-0.3, -0.25) is 0 Å². The average molecular weight is 203 g/mol. The fourth-order valence-electron chi connectivity index (χ4n) is 0.397. The summed E-state index contributed by atoms with van der Waals surface area (Å²) in [5, 5.41) is 9.38. The Morgan fingerprint density at radius 2 is 1.90 bits per heavy atom. The van der Waals surface area contributed by atoms with Crippen LogP contribution in [0.3, 0.4) is 0 Å². The maximum absolute atomic E-state index is 9.38. The summed E-state index contributed by atoms with van der Waals surface area (Å²) in [5.41, 5.74) is -1.33. The summed E-state index contributed by atoms with van der Waals surface area (Å²) in [4.78, 5) is 0. The fraction of sp³-hybridized carbons (Fsp3) is 0.667. The average Bonchev–Trinajstić information content (AvgIpc) is 1.61. The Morgan fingerprint density at radius 1 is 1.50 bits per heavy atom. The number of halogens is 3. The number of hydrogen-bond acceptors (Lipinski definition) is 1. The van der Waals surface area contributed by atoms with Crippen LogP contribution in [0.2, 0.25) is 0 Å². The van der Waals surface area contributed by atoms with Crippen LogP contribution >= 0.6 is 34.8 Å². The van der Waals surface area contributed by atoms with Crippen molar-refractivity contribution in [2.75, 3.05) is 0 Å². The Hall–Kier alpha value is 0.570. The van der Waals surface area contributed by atoms with Crippen molar-refractivity contribution < 1.29 is 5.11 Å². The van der Waals surface area contributed by atoms with Crippen LogP contribution in [0.1, 0.15) is 13.3 Å². The van der Waals surface area contributed by atoms with Gasteiger partial charge in [-0.1, -0.05) is 40.9 Å². The molecule has 0 aliphatic heterocycles. The monoisotopic (exact) mass is 202 g/mol. The SMILES string of the molecule is C=CCC(C)(O)C(Cl)(Cl)Cl. The first-order valence-electron chi connectivity index (χ1n) is 2.71. The van der Waals surface area contributed by atoms with Gasteiger partial charge in [0.05, 0.1) is 0 Å². The quantitative estimate of drug-likeness (QED) is 0.540. The Bertz CT molecular complexity index is 125. The molecule has 1 nitrogen and oxygen atoms in total. The second-order valence-electron chi connectivity index (χ2n) is 2.26. The van der Waals surface area contributed by atoms with Crippen LogP contribution in [0.25, 0.3) is 0 Å². The lowest BCUT2D eigenvalue weighted by Gasteiger charge is -2.29. The van der Waals surface area contributed by atoms with Gasteiger partial charge in [0.25, 0.3) is 0 Å². The lowest BCUT2D eigenvalue weighted by Crippen LogP contribution is -2.38. The zero-order chi connectivity index (χ0) is 8.41. The molecule has 0 rings (SSSR count). The van der Waals surface area contributed by atoms with Crippen molar-refractivity contribution in [3.05, 3.63) is 12.7 Å². The molecule has 0 fully saturated rings. The van der Waals surface area contributed by atoms with Crippen molar-refractivity contribution >= 4 is 34.8 Å². The van der Waals surface area contributed by atoms with Gasteiger partial charge in [0.2, 0.25) is 3.79 Å². The first-order chi connectivity index (χ1) is 4.31. The van der Waals surface area contributed by atoms with Crippen LogP contribution in [0.15, 0.2) is 12.7 Å². The van der Waals surface area contributed by atoms with E-state index in [0.717, 1.165) is 0 Å². The molecule has 1 atom stereocenters. The summed E-state index contributed by atoms with van der Waals surface area (Å²) in [7, 11) is 0. The minimum absolute atomic E-state index is 0.253. The molecule has 0 radical (unpaired) electrons. The Kier molecular flexibility index (Phi) is 3.50. The number of rotatable bonds is 2. The second kappa shape index (κ2) is 3.31. The topological polar surface area (TPSA) is 20.2 Å². The zero-order valence-electron chi connectivity index (χ0n) is 5.57. The van der Waals surface area contributed by atoms with E-state index >= 15 is 0 Å². The summed E-state index contributed by atoms with van der Waals surface area (Å²) < 4.78 is -1.65. The van der Waals surface area contributed by atoms with Crippen LogP contribution in [0.5, 0.6) is 0 Å². The van der Waals surface area contributed by atoms with Gasteiger partial charge in [-0.2, -0.15) is 0 Å². The van der Waals surface area contributed by atoms with E-state index in [9.17, 15) is 5.11 Å². The van der Waals surface area contributed by atoms with Crippen LogP contribution in [0.4, 0.5) is 0 Å². The maximum Gasteiger partial charge on any atom is 0.218 e. The molecule has 60 valence electrons. The van der Waals surface area contributed by atoms with E-state index in [1.54, 1.807) is 0 Å². The molecular formula is C6H9Cl3O. The van der Waals surface area contributed by atoms with Crippen LogP contribution in [-0.2, 0) is 0 Å². The molecule has 1 N–H and O–H groups in total. The molecule has 0 aliphatic carbocycles. The molecule has 0 spiro atoms. The van der Waals surface area contributed by atoms with Crippen molar-refractivity contribution in [1.82, 2.24) is 0 Å². The molecule has 0 amide bonds. The molecule has 0 aromatic carbocycles. The minimum atomic E-state index is -1.65. The molecule has 0 heterocycles. The lowest BCUT2D eigenvalue weighted by atomic mass is 10.1. The van der Waals surface area contributed by atoms with E-state index in [4.69, 9.17) is 34.8 Å². The predicted octanol–water partition coefficient (Wildman–Crippen LogP) is 2.68. The largest absolute Gasteiger partial charge is 0.385 e. The standard InChI is InChI=1S/C6H9Cl3O/c1-3-4-5(2,10)6(7,8)9/h3,10H,1,4H2,2H3. The minimum Gasteiger partial charge on any atom is -0.385 e. The first kappa shape index (κ1) is 10.6. The maximum atomic E-state index is 9.38. The van der Waals surface area contributed by atoms with Crippen LogP contribution < -0.4 is 0 Å². The van der Waals surface area contributed by atoms with Gasteiger partial charge >= 0.3 is 0 Å². The zero-order valence-corrected chi connectivity index (χ0v) is 7.84. The lowest BCUT2D eigenvalue weighted by molar-refractivity contribution is 0.0674. The third-order valence-electron chi connectivity index (χ3n) is 1.15. The highest BCUT2D eigenvalue weighted by atomic mass is 35.6. The summed E-state index contributed by atoms with van der Waals surface area (Å²) in [6, 6.07) is 0. The van der Waals surface area contributed by atoms with Crippen molar-refractivity contribution in [2.24, 2.45) is 0 Å². The van der Waals surface area contributed by atoms with Gasteiger partial charge in [0.15, 0.2) is 0 Å². The van der Waals surface area contributed by atoms with E-state index < -0.39 is 9.39 Å². The van der Waals surface area contributed by atoms with Gasteiger partial charge in [0, 0.05) is 0 Å². The predicted molar refractivity (Wildman–Crippen MR) is 45.7 cm³/mol. The third-order valence-corrected chi connectivity index (χ3v) is 2.37. The molecule has 0 bridgehead atoms. The van der Waals surface area contributed by atoms with E-state index in [2.05, 4.69) is 6.58 Å². The number of aliphatic hydroxyl groups is 1. The number of hydrogen-bond donors (Lipinski definition) is 1.